The molecule has 0 aliphatic carbocycles. The van der Waals surface area contributed by atoms with Crippen molar-refractivity contribution in [2.75, 3.05) is 13.1 Å². The second kappa shape index (κ2) is 6.07. The van der Waals surface area contributed by atoms with Crippen molar-refractivity contribution in [3.63, 3.8) is 0 Å². The molecule has 1 saturated heterocycles. The first-order chi connectivity index (χ1) is 8.34. The van der Waals surface area contributed by atoms with Gasteiger partial charge in [0.2, 0.25) is 0 Å². The SMILES string of the molecule is CC(C)C1CCCN1C(=O)N(CC(=O)O)C(C)C. The van der Waals surface area contributed by atoms with Gasteiger partial charge in [0.15, 0.2) is 0 Å². The first kappa shape index (κ1) is 14.8. The highest BCUT2D eigenvalue weighted by molar-refractivity contribution is 5.80. The summed E-state index contributed by atoms with van der Waals surface area (Å²) in [6, 6.07) is 0.0122. The van der Waals surface area contributed by atoms with Crippen molar-refractivity contribution >= 4 is 12.0 Å². The van der Waals surface area contributed by atoms with Crippen molar-refractivity contribution < 1.29 is 14.7 Å². The van der Waals surface area contributed by atoms with Gasteiger partial charge in [0, 0.05) is 18.6 Å². The monoisotopic (exact) mass is 256 g/mol. The average molecular weight is 256 g/mol. The quantitative estimate of drug-likeness (QED) is 0.837. The summed E-state index contributed by atoms with van der Waals surface area (Å²) in [5, 5.41) is 8.89. The smallest absolute Gasteiger partial charge is 0.323 e. The van der Waals surface area contributed by atoms with Crippen LogP contribution in [0.15, 0.2) is 0 Å². The van der Waals surface area contributed by atoms with E-state index in [0.29, 0.717) is 5.92 Å². The van der Waals surface area contributed by atoms with Crippen LogP contribution >= 0.6 is 0 Å². The fraction of sp³-hybridized carbons (Fsp3) is 0.846. The number of aliphatic carboxylic acids is 1. The summed E-state index contributed by atoms with van der Waals surface area (Å²) < 4.78 is 0. The van der Waals surface area contributed by atoms with E-state index < -0.39 is 5.97 Å². The van der Waals surface area contributed by atoms with Crippen molar-refractivity contribution in [1.29, 1.82) is 0 Å². The summed E-state index contributed by atoms with van der Waals surface area (Å²) in [7, 11) is 0. The summed E-state index contributed by atoms with van der Waals surface area (Å²) in [6.07, 6.45) is 2.02. The standard InChI is InChI=1S/C13H24N2O3/c1-9(2)11-6-5-7-14(11)13(18)15(10(3)4)8-12(16)17/h9-11H,5-8H2,1-4H3,(H,16,17). The third-order valence-corrected chi connectivity index (χ3v) is 3.49. The molecule has 18 heavy (non-hydrogen) atoms. The first-order valence-corrected chi connectivity index (χ1v) is 6.63. The van der Waals surface area contributed by atoms with Gasteiger partial charge in [-0.3, -0.25) is 4.79 Å². The fourth-order valence-corrected chi connectivity index (χ4v) is 2.50. The Kier molecular flexibility index (Phi) is 4.99. The summed E-state index contributed by atoms with van der Waals surface area (Å²) in [5.74, 6) is -0.548. The third kappa shape index (κ3) is 3.37. The van der Waals surface area contributed by atoms with Crippen LogP contribution in [0.25, 0.3) is 0 Å². The Morgan fingerprint density at radius 3 is 2.39 bits per heavy atom. The molecule has 0 bridgehead atoms. The van der Waals surface area contributed by atoms with E-state index in [1.54, 1.807) is 0 Å². The molecule has 0 saturated carbocycles. The van der Waals surface area contributed by atoms with Crippen LogP contribution in [-0.4, -0.2) is 52.1 Å². The van der Waals surface area contributed by atoms with E-state index in [0.717, 1.165) is 19.4 Å². The van der Waals surface area contributed by atoms with Gasteiger partial charge in [-0.05, 0) is 32.6 Å². The van der Waals surface area contributed by atoms with Gasteiger partial charge >= 0.3 is 12.0 Å². The Morgan fingerprint density at radius 2 is 1.94 bits per heavy atom. The molecule has 0 spiro atoms. The second-order valence-corrected chi connectivity index (χ2v) is 5.54. The van der Waals surface area contributed by atoms with Crippen LogP contribution in [0, 0.1) is 5.92 Å². The number of hydrogen-bond acceptors (Lipinski definition) is 2. The molecule has 1 heterocycles. The number of rotatable bonds is 4. The van der Waals surface area contributed by atoms with Crippen LogP contribution in [0.1, 0.15) is 40.5 Å². The predicted molar refractivity (Wildman–Crippen MR) is 69.4 cm³/mol. The van der Waals surface area contributed by atoms with Crippen LogP contribution < -0.4 is 0 Å². The van der Waals surface area contributed by atoms with Gasteiger partial charge in [-0.15, -0.1) is 0 Å². The van der Waals surface area contributed by atoms with Gasteiger partial charge in [0.25, 0.3) is 0 Å². The molecule has 1 rings (SSSR count). The minimum atomic E-state index is -0.961. The van der Waals surface area contributed by atoms with Crippen molar-refractivity contribution in [2.24, 2.45) is 5.92 Å². The largest absolute Gasteiger partial charge is 0.480 e. The molecule has 104 valence electrons. The van der Waals surface area contributed by atoms with E-state index in [4.69, 9.17) is 5.11 Å². The van der Waals surface area contributed by atoms with E-state index >= 15 is 0 Å². The van der Waals surface area contributed by atoms with Crippen molar-refractivity contribution in [2.45, 2.75) is 52.6 Å². The molecule has 1 atom stereocenters. The molecule has 1 N–H and O–H groups in total. The van der Waals surface area contributed by atoms with Gasteiger partial charge in [0.05, 0.1) is 0 Å². The molecule has 1 unspecified atom stereocenters. The van der Waals surface area contributed by atoms with E-state index in [2.05, 4.69) is 13.8 Å². The molecule has 1 aliphatic heterocycles. The highest BCUT2D eigenvalue weighted by atomic mass is 16.4. The minimum absolute atomic E-state index is 0.0954. The number of carbonyl (C=O) groups is 2. The van der Waals surface area contributed by atoms with Crippen LogP contribution in [0.5, 0.6) is 0 Å². The maximum atomic E-state index is 12.4. The van der Waals surface area contributed by atoms with E-state index in [1.165, 1.54) is 4.90 Å². The molecular formula is C13H24N2O3. The van der Waals surface area contributed by atoms with E-state index in [-0.39, 0.29) is 24.7 Å². The van der Waals surface area contributed by atoms with Gasteiger partial charge in [-0.2, -0.15) is 0 Å². The van der Waals surface area contributed by atoms with Gasteiger partial charge in [-0.25, -0.2) is 4.79 Å². The van der Waals surface area contributed by atoms with Crippen molar-refractivity contribution in [3.05, 3.63) is 0 Å². The number of carbonyl (C=O) groups excluding carboxylic acids is 1. The lowest BCUT2D eigenvalue weighted by molar-refractivity contribution is -0.138. The van der Waals surface area contributed by atoms with Gasteiger partial charge < -0.3 is 14.9 Å². The van der Waals surface area contributed by atoms with Gasteiger partial charge in [0.1, 0.15) is 6.54 Å². The third-order valence-electron chi connectivity index (χ3n) is 3.49. The maximum absolute atomic E-state index is 12.4. The number of likely N-dealkylation sites (tertiary alicyclic amines) is 1. The molecule has 0 radical (unpaired) electrons. The van der Waals surface area contributed by atoms with E-state index in [9.17, 15) is 9.59 Å². The second-order valence-electron chi connectivity index (χ2n) is 5.54. The minimum Gasteiger partial charge on any atom is -0.480 e. The molecule has 1 aliphatic rings. The fourth-order valence-electron chi connectivity index (χ4n) is 2.50. The Bertz CT molecular complexity index is 315. The zero-order valence-electron chi connectivity index (χ0n) is 11.7. The maximum Gasteiger partial charge on any atom is 0.323 e. The molecule has 5 nitrogen and oxygen atoms in total. The number of carboxylic acids is 1. The Labute approximate surface area is 109 Å². The Balaban J connectivity index is 2.79. The Hall–Kier alpha value is -1.26. The van der Waals surface area contributed by atoms with Crippen LogP contribution in [0.2, 0.25) is 0 Å². The van der Waals surface area contributed by atoms with Crippen LogP contribution in [-0.2, 0) is 4.79 Å². The molecule has 5 heteroatoms. The van der Waals surface area contributed by atoms with Gasteiger partial charge in [-0.1, -0.05) is 13.8 Å². The highest BCUT2D eigenvalue weighted by Gasteiger charge is 2.34. The first-order valence-electron chi connectivity index (χ1n) is 6.63. The highest BCUT2D eigenvalue weighted by Crippen LogP contribution is 2.25. The zero-order valence-corrected chi connectivity index (χ0v) is 11.7. The zero-order chi connectivity index (χ0) is 13.9. The number of nitrogens with zero attached hydrogens (tertiary/aromatic N) is 2. The van der Waals surface area contributed by atoms with E-state index in [1.807, 2.05) is 18.7 Å². The number of amides is 2. The summed E-state index contributed by atoms with van der Waals surface area (Å²) in [6.45, 7) is 8.42. The summed E-state index contributed by atoms with van der Waals surface area (Å²) in [5.41, 5.74) is 0. The lowest BCUT2D eigenvalue weighted by Crippen LogP contribution is -2.51. The average Bonchev–Trinajstić information content (AvgIpc) is 2.73. The van der Waals surface area contributed by atoms with Crippen molar-refractivity contribution in [1.82, 2.24) is 9.80 Å². The molecule has 2 amide bonds. The number of carboxylic acid groups (broad SMARTS) is 1. The lowest BCUT2D eigenvalue weighted by Gasteiger charge is -2.34. The normalized spacial score (nSPS) is 19.7. The summed E-state index contributed by atoms with van der Waals surface area (Å²) >= 11 is 0. The number of hydrogen-bond donors (Lipinski definition) is 1. The number of urea groups is 1. The predicted octanol–water partition coefficient (Wildman–Crippen LogP) is 2.02. The summed E-state index contributed by atoms with van der Waals surface area (Å²) in [4.78, 5) is 26.5. The molecule has 0 aromatic carbocycles. The van der Waals surface area contributed by atoms with Crippen LogP contribution in [0.4, 0.5) is 4.79 Å². The van der Waals surface area contributed by atoms with Crippen LogP contribution in [0.3, 0.4) is 0 Å². The molecule has 1 fully saturated rings. The van der Waals surface area contributed by atoms with Crippen molar-refractivity contribution in [3.8, 4) is 0 Å². The Morgan fingerprint density at radius 1 is 1.33 bits per heavy atom. The lowest BCUT2D eigenvalue weighted by atomic mass is 10.0. The molecule has 0 aromatic heterocycles. The topological polar surface area (TPSA) is 60.9 Å². The molecular weight excluding hydrogens is 232 g/mol. The molecule has 0 aromatic rings.